The molecule has 0 bridgehead atoms. The van der Waals surface area contributed by atoms with Gasteiger partial charge in [-0.25, -0.2) is 0 Å². The Morgan fingerprint density at radius 3 is 2.83 bits per heavy atom. The highest BCUT2D eigenvalue weighted by molar-refractivity contribution is 7.99. The molecule has 0 spiro atoms. The van der Waals surface area contributed by atoms with E-state index < -0.39 is 0 Å². The van der Waals surface area contributed by atoms with E-state index in [1.165, 1.54) is 23.6 Å². The van der Waals surface area contributed by atoms with Gasteiger partial charge in [0.15, 0.2) is 5.75 Å². The molecule has 1 aromatic heterocycles. The van der Waals surface area contributed by atoms with E-state index in [-0.39, 0.29) is 0 Å². The van der Waals surface area contributed by atoms with Crippen molar-refractivity contribution in [1.82, 2.24) is 15.1 Å². The normalized spacial score (nSPS) is 21.5. The number of methoxy groups -OCH3 is 1. The third-order valence-corrected chi connectivity index (χ3v) is 4.74. The first-order valence-electron chi connectivity index (χ1n) is 6.55. The molecule has 18 heavy (non-hydrogen) atoms. The van der Waals surface area contributed by atoms with Gasteiger partial charge in [-0.1, -0.05) is 0 Å². The van der Waals surface area contributed by atoms with Gasteiger partial charge in [-0.2, -0.15) is 16.9 Å². The van der Waals surface area contributed by atoms with Crippen LogP contribution in [-0.4, -0.2) is 35.4 Å². The zero-order chi connectivity index (χ0) is 13.1. The fourth-order valence-electron chi connectivity index (χ4n) is 2.63. The van der Waals surface area contributed by atoms with E-state index in [0.717, 1.165) is 5.75 Å². The fraction of sp³-hybridized carbons (Fsp3) is 0.769. The molecule has 1 aliphatic heterocycles. The second kappa shape index (κ2) is 5.97. The first-order valence-corrected chi connectivity index (χ1v) is 7.70. The van der Waals surface area contributed by atoms with Crippen molar-refractivity contribution in [2.24, 2.45) is 5.92 Å². The van der Waals surface area contributed by atoms with Gasteiger partial charge in [-0.3, -0.25) is 4.68 Å². The van der Waals surface area contributed by atoms with E-state index in [9.17, 15) is 0 Å². The zero-order valence-electron chi connectivity index (χ0n) is 11.6. The van der Waals surface area contributed by atoms with E-state index in [4.69, 9.17) is 4.74 Å². The lowest BCUT2D eigenvalue weighted by atomic mass is 9.95. The molecule has 2 rings (SSSR count). The first kappa shape index (κ1) is 13.7. The van der Waals surface area contributed by atoms with E-state index in [1.54, 1.807) is 7.11 Å². The summed E-state index contributed by atoms with van der Waals surface area (Å²) in [6, 6.07) is 0.689. The predicted molar refractivity (Wildman–Crippen MR) is 76.4 cm³/mol. The summed E-state index contributed by atoms with van der Waals surface area (Å²) in [4.78, 5) is 0. The minimum atomic E-state index is 0.333. The maximum atomic E-state index is 5.49. The number of rotatable bonds is 5. The molecular weight excluding hydrogens is 246 g/mol. The Bertz CT molecular complexity index is 386. The van der Waals surface area contributed by atoms with Crippen LogP contribution in [0.1, 0.15) is 38.0 Å². The molecule has 5 heteroatoms. The van der Waals surface area contributed by atoms with Crippen LogP contribution in [0.5, 0.6) is 5.75 Å². The third-order valence-electron chi connectivity index (χ3n) is 3.55. The van der Waals surface area contributed by atoms with Gasteiger partial charge in [-0.05, 0) is 44.7 Å². The average Bonchev–Trinajstić information content (AvgIpc) is 2.99. The lowest BCUT2D eigenvalue weighted by molar-refractivity contribution is 0.348. The molecule has 0 saturated carbocycles. The molecule has 0 aliphatic carbocycles. The van der Waals surface area contributed by atoms with Crippen molar-refractivity contribution in [1.29, 1.82) is 0 Å². The maximum absolute atomic E-state index is 5.49. The van der Waals surface area contributed by atoms with Crippen LogP contribution in [0, 0.1) is 5.92 Å². The number of thioether (sulfide) groups is 1. The van der Waals surface area contributed by atoms with E-state index in [2.05, 4.69) is 28.9 Å². The second-order valence-corrected chi connectivity index (χ2v) is 6.18. The molecule has 0 aromatic carbocycles. The second-order valence-electron chi connectivity index (χ2n) is 5.03. The van der Waals surface area contributed by atoms with Gasteiger partial charge in [-0.15, -0.1) is 0 Å². The van der Waals surface area contributed by atoms with Crippen molar-refractivity contribution in [2.75, 3.05) is 25.7 Å². The van der Waals surface area contributed by atoms with Crippen LogP contribution in [0.15, 0.2) is 6.20 Å². The first-order chi connectivity index (χ1) is 8.69. The number of hydrogen-bond donors (Lipinski definition) is 1. The number of aromatic nitrogens is 2. The van der Waals surface area contributed by atoms with Crippen molar-refractivity contribution in [2.45, 2.75) is 32.4 Å². The lowest BCUT2D eigenvalue weighted by Crippen LogP contribution is -2.28. The summed E-state index contributed by atoms with van der Waals surface area (Å²) in [6.45, 7) is 4.32. The number of nitrogens with zero attached hydrogens (tertiary/aromatic N) is 2. The van der Waals surface area contributed by atoms with Crippen LogP contribution < -0.4 is 10.1 Å². The minimum Gasteiger partial charge on any atom is -0.493 e. The third kappa shape index (κ3) is 2.52. The minimum absolute atomic E-state index is 0.333. The Balaban J connectivity index is 2.35. The van der Waals surface area contributed by atoms with Crippen LogP contribution in [0.4, 0.5) is 0 Å². The molecule has 2 atom stereocenters. The van der Waals surface area contributed by atoms with E-state index in [1.807, 2.05) is 25.0 Å². The quantitative estimate of drug-likeness (QED) is 0.891. The molecular formula is C13H23N3OS. The van der Waals surface area contributed by atoms with Crippen molar-refractivity contribution in [3.63, 3.8) is 0 Å². The molecule has 1 saturated heterocycles. The van der Waals surface area contributed by atoms with Crippen LogP contribution in [0.25, 0.3) is 0 Å². The Kier molecular flexibility index (Phi) is 4.56. The number of hydrogen-bond acceptors (Lipinski definition) is 4. The summed E-state index contributed by atoms with van der Waals surface area (Å²) in [5.41, 5.74) is 1.20. The van der Waals surface area contributed by atoms with Gasteiger partial charge in [0.2, 0.25) is 0 Å². The van der Waals surface area contributed by atoms with Crippen molar-refractivity contribution < 1.29 is 4.74 Å². The van der Waals surface area contributed by atoms with Crippen molar-refractivity contribution in [3.05, 3.63) is 11.9 Å². The van der Waals surface area contributed by atoms with Gasteiger partial charge < -0.3 is 10.1 Å². The summed E-state index contributed by atoms with van der Waals surface area (Å²) in [6.07, 6.45) is 3.10. The Labute approximate surface area is 113 Å². The van der Waals surface area contributed by atoms with Gasteiger partial charge >= 0.3 is 0 Å². The summed E-state index contributed by atoms with van der Waals surface area (Å²) in [7, 11) is 3.76. The Morgan fingerprint density at radius 2 is 2.33 bits per heavy atom. The highest BCUT2D eigenvalue weighted by atomic mass is 32.2. The Morgan fingerprint density at radius 1 is 1.56 bits per heavy atom. The molecule has 1 aromatic rings. The average molecular weight is 269 g/mol. The number of ether oxygens (including phenoxy) is 1. The molecule has 0 amide bonds. The zero-order valence-corrected chi connectivity index (χ0v) is 12.5. The van der Waals surface area contributed by atoms with Crippen LogP contribution >= 0.6 is 11.8 Å². The Hall–Kier alpha value is -0.680. The highest BCUT2D eigenvalue weighted by Crippen LogP contribution is 2.38. The topological polar surface area (TPSA) is 39.1 Å². The highest BCUT2D eigenvalue weighted by Gasteiger charge is 2.31. The van der Waals surface area contributed by atoms with Gasteiger partial charge in [0, 0.05) is 6.04 Å². The van der Waals surface area contributed by atoms with E-state index in [0.29, 0.717) is 18.0 Å². The van der Waals surface area contributed by atoms with Crippen molar-refractivity contribution in [3.8, 4) is 5.75 Å². The van der Waals surface area contributed by atoms with Crippen LogP contribution in [0.3, 0.4) is 0 Å². The molecule has 2 heterocycles. The SMILES string of the molecule is CNC(c1c(OC)cnn1C(C)C)C1CCSC1. The lowest BCUT2D eigenvalue weighted by Gasteiger charge is -2.25. The summed E-state index contributed by atoms with van der Waals surface area (Å²) in [5.74, 6) is 4.06. The fourth-order valence-corrected chi connectivity index (χ4v) is 3.93. The number of nitrogens with one attached hydrogen (secondary N) is 1. The van der Waals surface area contributed by atoms with Crippen LogP contribution in [-0.2, 0) is 0 Å². The monoisotopic (exact) mass is 269 g/mol. The van der Waals surface area contributed by atoms with Crippen molar-refractivity contribution >= 4 is 11.8 Å². The van der Waals surface area contributed by atoms with Gasteiger partial charge in [0.1, 0.15) is 0 Å². The van der Waals surface area contributed by atoms with Gasteiger partial charge in [0.25, 0.3) is 0 Å². The molecule has 4 nitrogen and oxygen atoms in total. The largest absolute Gasteiger partial charge is 0.493 e. The predicted octanol–water partition coefficient (Wildman–Crippen LogP) is 2.49. The molecule has 1 N–H and O–H groups in total. The standard InChI is InChI=1S/C13H23N3OS/c1-9(2)16-13(11(17-4)7-15-16)12(14-3)10-5-6-18-8-10/h7,9-10,12,14H,5-6,8H2,1-4H3. The molecule has 2 unspecified atom stereocenters. The summed E-state index contributed by atoms with van der Waals surface area (Å²) in [5, 5.41) is 7.93. The smallest absolute Gasteiger partial charge is 0.161 e. The molecule has 1 aliphatic rings. The molecule has 1 fully saturated rings. The van der Waals surface area contributed by atoms with Crippen LogP contribution in [0.2, 0.25) is 0 Å². The van der Waals surface area contributed by atoms with Gasteiger partial charge in [0.05, 0.1) is 25.0 Å². The maximum Gasteiger partial charge on any atom is 0.161 e. The summed E-state index contributed by atoms with van der Waals surface area (Å²) >= 11 is 2.04. The van der Waals surface area contributed by atoms with E-state index >= 15 is 0 Å². The molecule has 0 radical (unpaired) electrons. The molecule has 102 valence electrons. The summed E-state index contributed by atoms with van der Waals surface area (Å²) < 4.78 is 7.57.